The van der Waals surface area contributed by atoms with E-state index in [0.29, 0.717) is 30.3 Å². The van der Waals surface area contributed by atoms with E-state index < -0.39 is 0 Å². The number of nitrogens with zero attached hydrogens (tertiary/aromatic N) is 2. The first-order chi connectivity index (χ1) is 11.1. The van der Waals surface area contributed by atoms with Gasteiger partial charge < -0.3 is 9.26 Å². The van der Waals surface area contributed by atoms with Crippen LogP contribution in [-0.2, 0) is 22.4 Å². The summed E-state index contributed by atoms with van der Waals surface area (Å²) >= 11 is 1.40. The van der Waals surface area contributed by atoms with Crippen LogP contribution >= 0.6 is 11.3 Å². The van der Waals surface area contributed by atoms with Crippen LogP contribution in [0.2, 0.25) is 0 Å². The fourth-order valence-corrected chi connectivity index (χ4v) is 3.61. The van der Waals surface area contributed by atoms with E-state index >= 15 is 0 Å². The summed E-state index contributed by atoms with van der Waals surface area (Å²) in [6.45, 7) is 3.92. The molecule has 1 unspecified atom stereocenters. The number of carbonyl (C=O) groups is 2. The van der Waals surface area contributed by atoms with E-state index in [1.165, 1.54) is 11.3 Å². The van der Waals surface area contributed by atoms with Crippen molar-refractivity contribution in [3.63, 3.8) is 0 Å². The number of nitrogens with one attached hydrogen (secondary N) is 1. The molecule has 2 heterocycles. The van der Waals surface area contributed by atoms with Crippen LogP contribution in [0.5, 0.6) is 0 Å². The topological polar surface area (TPSA) is 94.3 Å². The van der Waals surface area contributed by atoms with E-state index in [4.69, 9.17) is 9.26 Å². The lowest BCUT2D eigenvalue weighted by molar-refractivity contribution is -0.148. The Balaban J connectivity index is 1.68. The zero-order valence-electron chi connectivity index (χ0n) is 12.9. The van der Waals surface area contributed by atoms with Gasteiger partial charge in [-0.25, -0.2) is 4.98 Å². The Morgan fingerprint density at radius 2 is 2.35 bits per heavy atom. The van der Waals surface area contributed by atoms with Crippen molar-refractivity contribution in [3.05, 3.63) is 28.1 Å². The Kier molecular flexibility index (Phi) is 4.42. The van der Waals surface area contributed by atoms with Crippen LogP contribution in [0.15, 0.2) is 10.6 Å². The van der Waals surface area contributed by atoms with Crippen LogP contribution in [0.1, 0.15) is 40.2 Å². The molecule has 0 saturated carbocycles. The fraction of sp³-hybridized carbons (Fsp3) is 0.467. The summed E-state index contributed by atoms with van der Waals surface area (Å²) in [5.41, 5.74) is 1.17. The number of aromatic nitrogens is 2. The number of esters is 1. The van der Waals surface area contributed by atoms with Gasteiger partial charge in [0.2, 0.25) is 0 Å². The van der Waals surface area contributed by atoms with Gasteiger partial charge in [-0.3, -0.25) is 14.9 Å². The molecule has 1 aliphatic carbocycles. The molecule has 2 aromatic heterocycles. The molecule has 0 aliphatic heterocycles. The molecule has 122 valence electrons. The highest BCUT2D eigenvalue weighted by atomic mass is 32.1. The smallest absolute Gasteiger partial charge is 0.309 e. The number of fused-ring (bicyclic) bond motifs is 1. The highest BCUT2D eigenvalue weighted by Crippen LogP contribution is 2.33. The van der Waals surface area contributed by atoms with Gasteiger partial charge in [0.05, 0.1) is 18.2 Å². The minimum Gasteiger partial charge on any atom is -0.466 e. The van der Waals surface area contributed by atoms with Crippen molar-refractivity contribution >= 4 is 28.3 Å². The Bertz CT molecular complexity index is 737. The van der Waals surface area contributed by atoms with Crippen molar-refractivity contribution in [1.29, 1.82) is 0 Å². The molecular weight excluding hydrogens is 318 g/mol. The van der Waals surface area contributed by atoms with Gasteiger partial charge >= 0.3 is 5.97 Å². The van der Waals surface area contributed by atoms with Gasteiger partial charge in [0.25, 0.3) is 5.91 Å². The molecule has 2 aromatic rings. The fourth-order valence-electron chi connectivity index (χ4n) is 2.52. The molecule has 0 radical (unpaired) electrons. The van der Waals surface area contributed by atoms with Gasteiger partial charge in [0.1, 0.15) is 5.76 Å². The van der Waals surface area contributed by atoms with Crippen molar-refractivity contribution < 1.29 is 18.8 Å². The molecule has 7 nitrogen and oxygen atoms in total. The molecule has 0 bridgehead atoms. The van der Waals surface area contributed by atoms with Gasteiger partial charge in [-0.05, 0) is 33.1 Å². The highest BCUT2D eigenvalue weighted by Gasteiger charge is 2.28. The molecule has 3 rings (SSSR count). The maximum Gasteiger partial charge on any atom is 0.309 e. The first-order valence-electron chi connectivity index (χ1n) is 7.46. The number of thiazole rings is 1. The van der Waals surface area contributed by atoms with Crippen LogP contribution in [0.3, 0.4) is 0 Å². The lowest BCUT2D eigenvalue weighted by Gasteiger charge is -2.18. The number of amides is 1. The standard InChI is InChI=1S/C15H17N3O4S/c1-3-21-14(20)9-4-5-10-12(7-9)23-15(16-10)17-13(19)11-6-8(2)22-18-11/h6,9H,3-5,7H2,1-2H3,(H,16,17,19). The lowest BCUT2D eigenvalue weighted by atomic mass is 9.91. The van der Waals surface area contributed by atoms with Crippen molar-refractivity contribution in [1.82, 2.24) is 10.1 Å². The first-order valence-corrected chi connectivity index (χ1v) is 8.28. The second-order valence-electron chi connectivity index (χ2n) is 5.36. The van der Waals surface area contributed by atoms with E-state index in [1.54, 1.807) is 19.9 Å². The largest absolute Gasteiger partial charge is 0.466 e. The molecule has 1 N–H and O–H groups in total. The summed E-state index contributed by atoms with van der Waals surface area (Å²) in [6.07, 6.45) is 2.06. The van der Waals surface area contributed by atoms with E-state index in [2.05, 4.69) is 15.5 Å². The second kappa shape index (κ2) is 6.49. The molecule has 1 aliphatic rings. The van der Waals surface area contributed by atoms with Crippen molar-refractivity contribution in [2.45, 2.75) is 33.1 Å². The minimum atomic E-state index is -0.352. The number of hydrogen-bond acceptors (Lipinski definition) is 7. The maximum absolute atomic E-state index is 12.1. The average Bonchev–Trinajstić information content (AvgIpc) is 3.12. The summed E-state index contributed by atoms with van der Waals surface area (Å²) in [5, 5.41) is 6.92. The van der Waals surface area contributed by atoms with Crippen LogP contribution < -0.4 is 5.32 Å². The van der Waals surface area contributed by atoms with Gasteiger partial charge in [0.15, 0.2) is 10.8 Å². The Morgan fingerprint density at radius 1 is 1.52 bits per heavy atom. The van der Waals surface area contributed by atoms with E-state index in [1.807, 2.05) is 0 Å². The third-order valence-corrected chi connectivity index (χ3v) is 4.68. The second-order valence-corrected chi connectivity index (χ2v) is 6.44. The molecule has 0 fully saturated rings. The molecule has 1 atom stereocenters. The highest BCUT2D eigenvalue weighted by molar-refractivity contribution is 7.15. The number of ether oxygens (including phenoxy) is 1. The van der Waals surface area contributed by atoms with Crippen LogP contribution in [-0.4, -0.2) is 28.6 Å². The van der Waals surface area contributed by atoms with E-state index in [9.17, 15) is 9.59 Å². The Hall–Kier alpha value is -2.22. The Morgan fingerprint density at radius 3 is 3.04 bits per heavy atom. The monoisotopic (exact) mass is 335 g/mol. The third kappa shape index (κ3) is 3.42. The summed E-state index contributed by atoms with van der Waals surface area (Å²) in [5.74, 6) is -0.0550. The maximum atomic E-state index is 12.1. The predicted octanol–water partition coefficient (Wildman–Crippen LogP) is 2.36. The number of hydrogen-bond donors (Lipinski definition) is 1. The molecule has 23 heavy (non-hydrogen) atoms. The van der Waals surface area contributed by atoms with E-state index in [0.717, 1.165) is 17.0 Å². The van der Waals surface area contributed by atoms with Gasteiger partial charge in [-0.1, -0.05) is 5.16 Å². The zero-order valence-corrected chi connectivity index (χ0v) is 13.7. The number of anilines is 1. The third-order valence-electron chi connectivity index (χ3n) is 3.64. The molecule has 0 aromatic carbocycles. The van der Waals surface area contributed by atoms with Crippen LogP contribution in [0, 0.1) is 12.8 Å². The number of carbonyl (C=O) groups excluding carboxylic acids is 2. The molecule has 8 heteroatoms. The van der Waals surface area contributed by atoms with E-state index in [-0.39, 0.29) is 23.5 Å². The SMILES string of the molecule is CCOC(=O)C1CCc2nc(NC(=O)c3cc(C)on3)sc2C1. The molecule has 0 spiro atoms. The zero-order chi connectivity index (χ0) is 16.4. The normalized spacial score (nSPS) is 16.7. The lowest BCUT2D eigenvalue weighted by Crippen LogP contribution is -2.24. The number of aryl methyl sites for hydroxylation is 2. The Labute approximate surface area is 137 Å². The molecule has 1 amide bonds. The average molecular weight is 335 g/mol. The van der Waals surface area contributed by atoms with Crippen molar-refractivity contribution in [2.24, 2.45) is 5.92 Å². The van der Waals surface area contributed by atoms with Crippen molar-refractivity contribution in [3.8, 4) is 0 Å². The summed E-state index contributed by atoms with van der Waals surface area (Å²) < 4.78 is 9.97. The summed E-state index contributed by atoms with van der Waals surface area (Å²) in [6, 6.07) is 1.57. The summed E-state index contributed by atoms with van der Waals surface area (Å²) in [7, 11) is 0. The quantitative estimate of drug-likeness (QED) is 0.862. The molecule has 0 saturated heterocycles. The first kappa shape index (κ1) is 15.7. The van der Waals surface area contributed by atoms with Gasteiger partial charge in [-0.15, -0.1) is 11.3 Å². The van der Waals surface area contributed by atoms with Crippen molar-refractivity contribution in [2.75, 3.05) is 11.9 Å². The van der Waals surface area contributed by atoms with Crippen LogP contribution in [0.25, 0.3) is 0 Å². The predicted molar refractivity (Wildman–Crippen MR) is 83.5 cm³/mol. The van der Waals surface area contributed by atoms with Gasteiger partial charge in [0, 0.05) is 10.9 Å². The summed E-state index contributed by atoms with van der Waals surface area (Å²) in [4.78, 5) is 29.4. The minimum absolute atomic E-state index is 0.121. The van der Waals surface area contributed by atoms with Gasteiger partial charge in [-0.2, -0.15) is 0 Å². The van der Waals surface area contributed by atoms with Crippen LogP contribution in [0.4, 0.5) is 5.13 Å². The molecular formula is C15H17N3O4S. The number of rotatable bonds is 4.